The number of nitrogen functional groups attached to an aromatic ring is 1. The SMILES string of the molecule is CCC[C@@H]([C@@H]1C[C@@H](Cc2ccnc(N)c2)C[C@H]2C#C[C@H](c3ccccc3)c3c(cc(OC)c(O)c3CCc3ccccc3)CCC(=O)[C@H](O)C(=O)[C@H]2C1)[C@H](O)CC1=C[C+](C(C)C)C=N1. The molecule has 1 aromatic heterocycles. The summed E-state index contributed by atoms with van der Waals surface area (Å²) in [6.07, 6.45) is 8.64. The minimum atomic E-state index is -1.83. The van der Waals surface area contributed by atoms with Crippen LogP contribution < -0.4 is 10.5 Å². The third-order valence-corrected chi connectivity index (χ3v) is 13.8. The van der Waals surface area contributed by atoms with Crippen LogP contribution in [0.2, 0.25) is 0 Å². The summed E-state index contributed by atoms with van der Waals surface area (Å²) in [5, 5.41) is 35.9. The fourth-order valence-electron chi connectivity index (χ4n) is 10.4. The van der Waals surface area contributed by atoms with Gasteiger partial charge < -0.3 is 25.8 Å². The van der Waals surface area contributed by atoms with Gasteiger partial charge in [-0.3, -0.25) is 9.59 Å². The minimum Gasteiger partial charge on any atom is -0.504 e. The number of ketones is 2. The Hall–Kier alpha value is -5.69. The van der Waals surface area contributed by atoms with Gasteiger partial charge in [0.25, 0.3) is 0 Å². The van der Waals surface area contributed by atoms with Crippen LogP contribution >= 0.6 is 0 Å². The van der Waals surface area contributed by atoms with Crippen LogP contribution in [0.25, 0.3) is 0 Å². The molecule has 2 heterocycles. The van der Waals surface area contributed by atoms with Crippen molar-refractivity contribution in [3.05, 3.63) is 136 Å². The second kappa shape index (κ2) is 21.3. The Balaban J connectivity index is 1.36. The second-order valence-electron chi connectivity index (χ2n) is 18.5. The Morgan fingerprint density at radius 2 is 1.69 bits per heavy atom. The zero-order valence-corrected chi connectivity index (χ0v) is 37.8. The molecular weight excluding hydrogens is 799 g/mol. The number of carbonyl (C=O) groups excluding carboxylic acids is 2. The van der Waals surface area contributed by atoms with Gasteiger partial charge in [0.2, 0.25) is 0 Å². The number of allylic oxidation sites excluding steroid dienone is 1. The first kappa shape index (κ1) is 46.3. The standard InChI is InChI=1S/C55H63N3O6/c1-5-12-44(49(60)32-43-29-42(33-58-43)34(2)3)41-27-37(25-36-23-24-57-51(56)28-36)26-39-18-21-45(38-15-10-7-11-16-38)52-40(19-22-48(59)55(63)54(62)47(39)30-41)31-50(64-4)53(61)46(52)20-17-35-13-8-6-9-14-35/h6-11,13-16,23-24,28-29,31,33-34,37,39,41,44-45,47,49,55,60,63H,5,12,17,19-20,22,25-27,30,32H2,1-4H3,(H2-,56,57,61)/p+1/t37-,39+,41+,44-,45+,47-,49+,55-/m0/s1. The zero-order chi connectivity index (χ0) is 45.3. The number of ether oxygens (including phenoxy) is 1. The van der Waals surface area contributed by atoms with Crippen molar-refractivity contribution in [2.45, 2.75) is 110 Å². The summed E-state index contributed by atoms with van der Waals surface area (Å²) in [5.41, 5.74) is 12.4. The lowest BCUT2D eigenvalue weighted by molar-refractivity contribution is -0.142. The molecule has 0 saturated heterocycles. The van der Waals surface area contributed by atoms with Gasteiger partial charge in [0.1, 0.15) is 24.0 Å². The van der Waals surface area contributed by atoms with E-state index in [1.165, 1.54) is 7.11 Å². The lowest BCUT2D eigenvalue weighted by Gasteiger charge is -2.33. The van der Waals surface area contributed by atoms with E-state index >= 15 is 0 Å². The number of aliphatic imine (C=N–C) groups is 1. The van der Waals surface area contributed by atoms with Gasteiger partial charge in [0.05, 0.1) is 25.6 Å². The number of fused-ring (bicyclic) bond motifs is 2. The van der Waals surface area contributed by atoms with E-state index in [1.54, 1.807) is 12.3 Å². The number of aliphatic hydroxyl groups is 2. The molecular formula is C55H64N3O6+. The first-order valence-electron chi connectivity index (χ1n) is 23.2. The fraction of sp³-hybridized carbons (Fsp3) is 0.436. The third-order valence-electron chi connectivity index (χ3n) is 13.8. The first-order valence-corrected chi connectivity index (χ1v) is 23.2. The van der Waals surface area contributed by atoms with Crippen LogP contribution in [0.5, 0.6) is 11.5 Å². The number of nitrogens with two attached hydrogens (primary N) is 1. The molecule has 9 heteroatoms. The lowest BCUT2D eigenvalue weighted by Crippen LogP contribution is -2.39. The Morgan fingerprint density at radius 1 is 0.938 bits per heavy atom. The molecule has 3 aromatic carbocycles. The first-order chi connectivity index (χ1) is 30.9. The predicted molar refractivity (Wildman–Crippen MR) is 253 cm³/mol. The zero-order valence-electron chi connectivity index (χ0n) is 37.8. The Morgan fingerprint density at radius 3 is 2.38 bits per heavy atom. The second-order valence-corrected chi connectivity index (χ2v) is 18.5. The molecule has 2 aliphatic carbocycles. The normalized spacial score (nSPS) is 23.4. The Kier molecular flexibility index (Phi) is 15.4. The number of aromatic nitrogens is 1. The molecule has 9 nitrogen and oxygen atoms in total. The predicted octanol–water partition coefficient (Wildman–Crippen LogP) is 9.00. The highest BCUT2D eigenvalue weighted by atomic mass is 16.5. The summed E-state index contributed by atoms with van der Waals surface area (Å²) in [6, 6.07) is 25.8. The van der Waals surface area contributed by atoms with Crippen molar-refractivity contribution in [1.82, 2.24) is 4.98 Å². The van der Waals surface area contributed by atoms with Gasteiger partial charge in [0, 0.05) is 35.9 Å². The van der Waals surface area contributed by atoms with Crippen LogP contribution in [0.1, 0.15) is 105 Å². The molecule has 1 aliphatic heterocycles. The molecule has 1 saturated carbocycles. The quantitative estimate of drug-likeness (QED) is 0.0557. The van der Waals surface area contributed by atoms with Crippen molar-refractivity contribution in [1.29, 1.82) is 0 Å². The molecule has 0 bridgehead atoms. The minimum absolute atomic E-state index is 0.0259. The summed E-state index contributed by atoms with van der Waals surface area (Å²) < 4.78 is 5.73. The van der Waals surface area contributed by atoms with Crippen molar-refractivity contribution in [3.63, 3.8) is 0 Å². The maximum absolute atomic E-state index is 14.8. The molecule has 0 amide bonds. The van der Waals surface area contributed by atoms with Crippen molar-refractivity contribution in [2.24, 2.45) is 40.5 Å². The van der Waals surface area contributed by atoms with Crippen molar-refractivity contribution in [3.8, 4) is 23.3 Å². The summed E-state index contributed by atoms with van der Waals surface area (Å²) in [6.45, 7) is 6.38. The number of rotatable bonds is 14. The fourth-order valence-corrected chi connectivity index (χ4v) is 10.4. The highest BCUT2D eigenvalue weighted by Gasteiger charge is 2.44. The average Bonchev–Trinajstić information content (AvgIpc) is 3.69. The maximum Gasteiger partial charge on any atom is 0.177 e. The topological polar surface area (TPSA) is 155 Å². The smallest absolute Gasteiger partial charge is 0.177 e. The average molecular weight is 863 g/mol. The summed E-state index contributed by atoms with van der Waals surface area (Å²) in [4.78, 5) is 37.9. The van der Waals surface area contributed by atoms with E-state index in [-0.39, 0.29) is 36.3 Å². The van der Waals surface area contributed by atoms with E-state index < -0.39 is 41.5 Å². The van der Waals surface area contributed by atoms with Gasteiger partial charge >= 0.3 is 0 Å². The number of methoxy groups -OCH3 is 1. The van der Waals surface area contributed by atoms with E-state index in [0.29, 0.717) is 68.0 Å². The number of pyridine rings is 1. The van der Waals surface area contributed by atoms with Crippen LogP contribution in [0.4, 0.5) is 5.82 Å². The number of hydrogen-bond acceptors (Lipinski definition) is 9. The third kappa shape index (κ3) is 11.0. The summed E-state index contributed by atoms with van der Waals surface area (Å²) >= 11 is 0. The van der Waals surface area contributed by atoms with Gasteiger partial charge in [-0.05, 0) is 129 Å². The van der Waals surface area contributed by atoms with Gasteiger partial charge in [-0.25, -0.2) is 4.98 Å². The van der Waals surface area contributed by atoms with Crippen molar-refractivity contribution >= 4 is 23.6 Å². The van der Waals surface area contributed by atoms with E-state index in [0.717, 1.165) is 52.3 Å². The number of Topliss-reactive ketones (excluding diaryl/α,β-unsaturated/α-hetero) is 2. The number of phenolic OH excluding ortho intramolecular Hbond substituents is 1. The Labute approximate surface area is 379 Å². The number of carbonyl (C=O) groups is 2. The number of anilines is 1. The maximum atomic E-state index is 14.8. The number of benzene rings is 3. The highest BCUT2D eigenvalue weighted by Crippen LogP contribution is 2.46. The van der Waals surface area contributed by atoms with E-state index in [9.17, 15) is 24.9 Å². The van der Waals surface area contributed by atoms with Crippen LogP contribution in [0, 0.1) is 53.3 Å². The molecule has 8 atom stereocenters. The summed E-state index contributed by atoms with van der Waals surface area (Å²) in [7, 11) is 1.52. The highest BCUT2D eigenvalue weighted by molar-refractivity contribution is 6.06. The molecule has 5 N–H and O–H groups in total. The van der Waals surface area contributed by atoms with Gasteiger partial charge in [-0.2, -0.15) is 0 Å². The van der Waals surface area contributed by atoms with Crippen molar-refractivity contribution < 1.29 is 29.6 Å². The van der Waals surface area contributed by atoms with Crippen LogP contribution in [0.15, 0.2) is 102 Å². The number of aromatic hydroxyl groups is 1. The molecule has 334 valence electrons. The van der Waals surface area contributed by atoms with E-state index in [2.05, 4.69) is 60.8 Å². The number of aryl methyl sites for hydroxylation is 2. The molecule has 64 heavy (non-hydrogen) atoms. The molecule has 1 fully saturated rings. The van der Waals surface area contributed by atoms with Crippen LogP contribution in [0.3, 0.4) is 0 Å². The van der Waals surface area contributed by atoms with E-state index in [1.807, 2.05) is 66.9 Å². The van der Waals surface area contributed by atoms with Gasteiger partial charge in [0.15, 0.2) is 34.9 Å². The lowest BCUT2D eigenvalue weighted by atomic mass is 9.73. The van der Waals surface area contributed by atoms with Gasteiger partial charge in [-0.15, -0.1) is 4.99 Å². The van der Waals surface area contributed by atoms with Crippen LogP contribution in [-0.2, 0) is 35.3 Å². The number of aliphatic hydroxyl groups excluding tert-OH is 2. The molecule has 7 rings (SSSR count). The molecule has 3 aliphatic rings. The molecule has 0 unspecified atom stereocenters. The Bertz CT molecular complexity index is 2370. The number of phenols is 1. The largest absolute Gasteiger partial charge is 0.504 e. The van der Waals surface area contributed by atoms with Gasteiger partial charge in [-0.1, -0.05) is 85.8 Å². The number of nitrogens with zero attached hydrogens (tertiary/aromatic N) is 2. The van der Waals surface area contributed by atoms with Crippen molar-refractivity contribution in [2.75, 3.05) is 12.8 Å². The number of hydrogen-bond donors (Lipinski definition) is 4. The van der Waals surface area contributed by atoms with Crippen LogP contribution in [-0.4, -0.2) is 57.4 Å². The summed E-state index contributed by atoms with van der Waals surface area (Å²) in [5.74, 6) is 6.47. The molecule has 4 aromatic rings. The monoisotopic (exact) mass is 862 g/mol. The molecule has 0 radical (unpaired) electrons. The molecule has 0 spiro atoms. The van der Waals surface area contributed by atoms with E-state index in [4.69, 9.17) is 10.5 Å².